The molecule has 2 aromatic rings. The molecule has 2 rings (SSSR count). The van der Waals surface area contributed by atoms with Gasteiger partial charge in [0.25, 0.3) is 10.1 Å². The molecule has 0 saturated heterocycles. The fourth-order valence-corrected chi connectivity index (χ4v) is 3.91. The second-order valence-corrected chi connectivity index (χ2v) is 8.67. The SMILES string of the molecule is CN(CCOS(=O)(=O)c1ccc(F)cc1)S(=O)(=O)c1ccc(F)cc1. The van der Waals surface area contributed by atoms with Crippen molar-refractivity contribution in [2.24, 2.45) is 0 Å². The summed E-state index contributed by atoms with van der Waals surface area (Å²) in [4.78, 5) is -0.365. The molecule has 0 spiro atoms. The van der Waals surface area contributed by atoms with Crippen LogP contribution in [0.2, 0.25) is 0 Å². The van der Waals surface area contributed by atoms with Gasteiger partial charge in [-0.05, 0) is 48.5 Å². The molecule has 0 amide bonds. The lowest BCUT2D eigenvalue weighted by atomic mass is 10.4. The summed E-state index contributed by atoms with van der Waals surface area (Å²) in [6.45, 7) is -0.684. The highest BCUT2D eigenvalue weighted by Crippen LogP contribution is 2.16. The Morgan fingerprint density at radius 3 is 1.76 bits per heavy atom. The highest BCUT2D eigenvalue weighted by Gasteiger charge is 2.22. The van der Waals surface area contributed by atoms with Crippen molar-refractivity contribution in [3.8, 4) is 0 Å². The quantitative estimate of drug-likeness (QED) is 0.675. The van der Waals surface area contributed by atoms with E-state index in [2.05, 4.69) is 0 Å². The van der Waals surface area contributed by atoms with Gasteiger partial charge in [0.1, 0.15) is 11.6 Å². The van der Waals surface area contributed by atoms with Gasteiger partial charge in [-0.1, -0.05) is 0 Å². The lowest BCUT2D eigenvalue weighted by Crippen LogP contribution is -2.31. The average Bonchev–Trinajstić information content (AvgIpc) is 2.55. The minimum Gasteiger partial charge on any atom is -0.265 e. The Morgan fingerprint density at radius 1 is 0.840 bits per heavy atom. The molecule has 0 aromatic heterocycles. The maximum atomic E-state index is 12.9. The molecule has 0 fully saturated rings. The highest BCUT2D eigenvalue weighted by atomic mass is 32.2. The summed E-state index contributed by atoms with van der Waals surface area (Å²) >= 11 is 0. The molecule has 0 unspecified atom stereocenters. The first-order valence-corrected chi connectivity index (χ1v) is 9.85. The van der Waals surface area contributed by atoms with Crippen molar-refractivity contribution in [1.29, 1.82) is 0 Å². The molecule has 0 aliphatic heterocycles. The van der Waals surface area contributed by atoms with Crippen LogP contribution in [0.25, 0.3) is 0 Å². The van der Waals surface area contributed by atoms with Crippen LogP contribution in [0.15, 0.2) is 58.3 Å². The van der Waals surface area contributed by atoms with Crippen LogP contribution in [0, 0.1) is 11.6 Å². The Kier molecular flexibility index (Phi) is 5.88. The Morgan fingerprint density at radius 2 is 1.28 bits per heavy atom. The van der Waals surface area contributed by atoms with Gasteiger partial charge >= 0.3 is 0 Å². The van der Waals surface area contributed by atoms with Gasteiger partial charge in [-0.25, -0.2) is 17.2 Å². The van der Waals surface area contributed by atoms with E-state index in [-0.39, 0.29) is 16.3 Å². The fraction of sp³-hybridized carbons (Fsp3) is 0.200. The summed E-state index contributed by atoms with van der Waals surface area (Å²) in [6, 6.07) is 8.27. The number of halogens is 2. The molecule has 136 valence electrons. The molecular weight excluding hydrogens is 376 g/mol. The summed E-state index contributed by atoms with van der Waals surface area (Å²) in [5, 5.41) is 0. The summed E-state index contributed by atoms with van der Waals surface area (Å²) in [5.41, 5.74) is 0. The van der Waals surface area contributed by atoms with E-state index in [1.807, 2.05) is 0 Å². The second-order valence-electron chi connectivity index (χ2n) is 5.01. The number of hydrogen-bond donors (Lipinski definition) is 0. The van der Waals surface area contributed by atoms with Gasteiger partial charge in [0.05, 0.1) is 16.4 Å². The van der Waals surface area contributed by atoms with E-state index < -0.39 is 38.4 Å². The average molecular weight is 391 g/mol. The van der Waals surface area contributed by atoms with E-state index in [9.17, 15) is 25.6 Å². The largest absolute Gasteiger partial charge is 0.297 e. The van der Waals surface area contributed by atoms with Crippen LogP contribution in [0.5, 0.6) is 0 Å². The van der Waals surface area contributed by atoms with Gasteiger partial charge < -0.3 is 0 Å². The van der Waals surface area contributed by atoms with Crippen molar-refractivity contribution in [3.63, 3.8) is 0 Å². The molecule has 0 aliphatic carbocycles. The van der Waals surface area contributed by atoms with Gasteiger partial charge in [0.15, 0.2) is 0 Å². The van der Waals surface area contributed by atoms with Gasteiger partial charge in [0, 0.05) is 13.6 Å². The Labute approximate surface area is 144 Å². The molecule has 0 aliphatic rings. The van der Waals surface area contributed by atoms with E-state index in [0.29, 0.717) is 0 Å². The van der Waals surface area contributed by atoms with Crippen LogP contribution in [-0.4, -0.2) is 41.3 Å². The van der Waals surface area contributed by atoms with Gasteiger partial charge in [0.2, 0.25) is 10.0 Å². The van der Waals surface area contributed by atoms with Gasteiger partial charge in [-0.2, -0.15) is 12.7 Å². The van der Waals surface area contributed by atoms with Crippen LogP contribution in [0.3, 0.4) is 0 Å². The molecule has 0 N–H and O–H groups in total. The van der Waals surface area contributed by atoms with Crippen molar-refractivity contribution in [2.75, 3.05) is 20.2 Å². The second kappa shape index (κ2) is 7.56. The Bertz CT molecular complexity index is 927. The van der Waals surface area contributed by atoms with Crippen LogP contribution in [0.4, 0.5) is 8.78 Å². The fourth-order valence-electron chi connectivity index (χ4n) is 1.85. The first kappa shape index (κ1) is 19.4. The zero-order chi connectivity index (χ0) is 18.7. The summed E-state index contributed by atoms with van der Waals surface area (Å²) in [6.07, 6.45) is 0. The van der Waals surface area contributed by atoms with Crippen LogP contribution >= 0.6 is 0 Å². The highest BCUT2D eigenvalue weighted by molar-refractivity contribution is 7.89. The van der Waals surface area contributed by atoms with E-state index in [4.69, 9.17) is 4.18 Å². The van der Waals surface area contributed by atoms with Crippen molar-refractivity contribution in [1.82, 2.24) is 4.31 Å². The van der Waals surface area contributed by atoms with Crippen LogP contribution < -0.4 is 0 Å². The molecule has 0 atom stereocenters. The van der Waals surface area contributed by atoms with E-state index >= 15 is 0 Å². The molecule has 25 heavy (non-hydrogen) atoms. The topological polar surface area (TPSA) is 80.8 Å². The standard InChI is InChI=1S/C15H15F2NO5S2/c1-18(24(19,20)14-6-2-12(16)3-7-14)10-11-23-25(21,22)15-8-4-13(17)5-9-15/h2-9H,10-11H2,1H3. The third-order valence-electron chi connectivity index (χ3n) is 3.27. The third kappa shape index (κ3) is 4.82. The van der Waals surface area contributed by atoms with E-state index in [1.165, 1.54) is 7.05 Å². The zero-order valence-corrected chi connectivity index (χ0v) is 14.7. The number of rotatable bonds is 7. The zero-order valence-electron chi connectivity index (χ0n) is 13.1. The van der Waals surface area contributed by atoms with Crippen molar-refractivity contribution < 1.29 is 29.8 Å². The predicted molar refractivity (Wildman–Crippen MR) is 85.8 cm³/mol. The minimum atomic E-state index is -4.13. The normalized spacial score (nSPS) is 12.5. The first-order chi connectivity index (χ1) is 11.6. The van der Waals surface area contributed by atoms with Crippen LogP contribution in [-0.2, 0) is 24.3 Å². The number of nitrogens with zero attached hydrogens (tertiary/aromatic N) is 1. The first-order valence-electron chi connectivity index (χ1n) is 7.00. The van der Waals surface area contributed by atoms with Crippen LogP contribution in [0.1, 0.15) is 0 Å². The molecule has 0 heterocycles. The lowest BCUT2D eigenvalue weighted by molar-refractivity contribution is 0.289. The molecular formula is C15H15F2NO5S2. The third-order valence-corrected chi connectivity index (χ3v) is 6.47. The van der Waals surface area contributed by atoms with E-state index in [1.54, 1.807) is 0 Å². The Balaban J connectivity index is 2.00. The van der Waals surface area contributed by atoms with E-state index in [0.717, 1.165) is 52.8 Å². The number of sulfonamides is 1. The van der Waals surface area contributed by atoms with Crippen molar-refractivity contribution in [2.45, 2.75) is 9.79 Å². The monoisotopic (exact) mass is 391 g/mol. The van der Waals surface area contributed by atoms with Gasteiger partial charge in [-0.15, -0.1) is 0 Å². The summed E-state index contributed by atoms with van der Waals surface area (Å²) in [5.74, 6) is -1.17. The smallest absolute Gasteiger partial charge is 0.265 e. The molecule has 2 aromatic carbocycles. The summed E-state index contributed by atoms with van der Waals surface area (Å²) in [7, 11) is -6.79. The molecule has 0 saturated carbocycles. The van der Waals surface area contributed by atoms with Crippen molar-refractivity contribution >= 4 is 20.1 Å². The van der Waals surface area contributed by atoms with Crippen molar-refractivity contribution in [3.05, 3.63) is 60.2 Å². The summed E-state index contributed by atoms with van der Waals surface area (Å²) < 4.78 is 79.7. The lowest BCUT2D eigenvalue weighted by Gasteiger charge is -2.17. The van der Waals surface area contributed by atoms with Gasteiger partial charge in [-0.3, -0.25) is 4.18 Å². The maximum Gasteiger partial charge on any atom is 0.297 e. The molecule has 6 nitrogen and oxygen atoms in total. The predicted octanol–water partition coefficient (Wildman–Crippen LogP) is 1.99. The molecule has 10 heteroatoms. The number of hydrogen-bond acceptors (Lipinski definition) is 5. The molecule has 0 bridgehead atoms. The molecule has 0 radical (unpaired) electrons. The minimum absolute atomic E-state index is 0.127. The maximum absolute atomic E-state index is 12.9. The number of benzene rings is 2. The number of likely N-dealkylation sites (N-methyl/N-ethyl adjacent to an activating group) is 1. The Hall–Kier alpha value is -1.88.